The molecule has 116 valence electrons. The van der Waals surface area contributed by atoms with E-state index in [1.54, 1.807) is 18.1 Å². The van der Waals surface area contributed by atoms with Crippen molar-refractivity contribution < 1.29 is 4.74 Å². The second kappa shape index (κ2) is 7.70. The van der Waals surface area contributed by atoms with Gasteiger partial charge in [-0.05, 0) is 48.2 Å². The number of hydrogen-bond acceptors (Lipinski definition) is 4. The van der Waals surface area contributed by atoms with Gasteiger partial charge >= 0.3 is 0 Å². The summed E-state index contributed by atoms with van der Waals surface area (Å²) in [4.78, 5) is 5.55. The minimum atomic E-state index is 0.524. The Morgan fingerprint density at radius 2 is 1.74 bits per heavy atom. The van der Waals surface area contributed by atoms with Gasteiger partial charge in [-0.25, -0.2) is 4.98 Å². The maximum absolute atomic E-state index is 5.90. The van der Waals surface area contributed by atoms with Gasteiger partial charge in [-0.15, -0.1) is 0 Å². The largest absolute Gasteiger partial charge is 0.485 e. The molecule has 3 rings (SSSR count). The standard InChI is InChI=1S/C19H18N2OS/c1-15-8-5-6-12-18(15)23-21-19-17(11-7-13-20-19)22-14-16-9-3-2-4-10-16/h2-13H,14H2,1H3,(H,20,21). The van der Waals surface area contributed by atoms with Crippen LogP contribution in [0.5, 0.6) is 5.75 Å². The fraction of sp³-hybridized carbons (Fsp3) is 0.105. The predicted molar refractivity (Wildman–Crippen MR) is 95.7 cm³/mol. The van der Waals surface area contributed by atoms with Crippen LogP contribution in [-0.2, 0) is 6.61 Å². The lowest BCUT2D eigenvalue weighted by Crippen LogP contribution is -2.00. The zero-order valence-electron chi connectivity index (χ0n) is 12.9. The fourth-order valence-electron chi connectivity index (χ4n) is 2.09. The van der Waals surface area contributed by atoms with Crippen LogP contribution in [-0.4, -0.2) is 4.98 Å². The molecule has 0 radical (unpaired) electrons. The molecule has 23 heavy (non-hydrogen) atoms. The Kier molecular flexibility index (Phi) is 5.17. The molecule has 1 aromatic heterocycles. The molecule has 0 saturated heterocycles. The minimum Gasteiger partial charge on any atom is -0.485 e. The first-order chi connectivity index (χ1) is 11.3. The molecule has 0 unspecified atom stereocenters. The highest BCUT2D eigenvalue weighted by Crippen LogP contribution is 2.28. The summed E-state index contributed by atoms with van der Waals surface area (Å²) in [7, 11) is 0. The van der Waals surface area contributed by atoms with Crippen LogP contribution in [0.3, 0.4) is 0 Å². The van der Waals surface area contributed by atoms with E-state index in [9.17, 15) is 0 Å². The number of benzene rings is 2. The molecule has 1 heterocycles. The summed E-state index contributed by atoms with van der Waals surface area (Å²) in [5, 5.41) is 0. The third-order valence-corrected chi connectivity index (χ3v) is 4.33. The van der Waals surface area contributed by atoms with E-state index in [1.165, 1.54) is 10.5 Å². The highest BCUT2D eigenvalue weighted by Gasteiger charge is 2.06. The van der Waals surface area contributed by atoms with Gasteiger partial charge in [0.25, 0.3) is 0 Å². The summed E-state index contributed by atoms with van der Waals surface area (Å²) in [5.74, 6) is 1.48. The summed E-state index contributed by atoms with van der Waals surface area (Å²) in [5.41, 5.74) is 2.36. The first-order valence-corrected chi connectivity index (χ1v) is 8.25. The third-order valence-electron chi connectivity index (χ3n) is 3.36. The lowest BCUT2D eigenvalue weighted by Gasteiger charge is -2.12. The van der Waals surface area contributed by atoms with Gasteiger partial charge in [0, 0.05) is 11.1 Å². The van der Waals surface area contributed by atoms with Crippen LogP contribution in [0.1, 0.15) is 11.1 Å². The van der Waals surface area contributed by atoms with E-state index in [1.807, 2.05) is 54.6 Å². The molecule has 0 bridgehead atoms. The number of nitrogens with zero attached hydrogens (tertiary/aromatic N) is 1. The molecule has 3 nitrogen and oxygen atoms in total. The van der Waals surface area contributed by atoms with Crippen molar-refractivity contribution in [2.24, 2.45) is 0 Å². The van der Waals surface area contributed by atoms with Crippen molar-refractivity contribution in [2.45, 2.75) is 18.4 Å². The molecule has 0 aliphatic carbocycles. The van der Waals surface area contributed by atoms with Crippen LogP contribution in [0, 0.1) is 6.92 Å². The van der Waals surface area contributed by atoms with E-state index in [-0.39, 0.29) is 0 Å². The predicted octanol–water partition coefficient (Wildman–Crippen LogP) is 5.09. The summed E-state index contributed by atoms with van der Waals surface area (Å²) in [6, 6.07) is 22.2. The van der Waals surface area contributed by atoms with Crippen molar-refractivity contribution in [2.75, 3.05) is 4.72 Å². The second-order valence-electron chi connectivity index (χ2n) is 5.09. The van der Waals surface area contributed by atoms with Crippen LogP contribution in [0.15, 0.2) is 77.8 Å². The van der Waals surface area contributed by atoms with E-state index >= 15 is 0 Å². The van der Waals surface area contributed by atoms with Crippen LogP contribution in [0.4, 0.5) is 5.82 Å². The van der Waals surface area contributed by atoms with Gasteiger partial charge in [0.2, 0.25) is 0 Å². The Balaban J connectivity index is 1.67. The number of rotatable bonds is 6. The Morgan fingerprint density at radius 3 is 2.57 bits per heavy atom. The van der Waals surface area contributed by atoms with Crippen molar-refractivity contribution in [3.05, 3.63) is 84.1 Å². The van der Waals surface area contributed by atoms with Crippen LogP contribution in [0.25, 0.3) is 0 Å². The molecular weight excluding hydrogens is 304 g/mol. The SMILES string of the molecule is Cc1ccccc1SNc1ncccc1OCc1ccccc1. The normalized spacial score (nSPS) is 10.3. The number of nitrogens with one attached hydrogen (secondary N) is 1. The van der Waals surface area contributed by atoms with Gasteiger partial charge in [-0.2, -0.15) is 0 Å². The molecule has 4 heteroatoms. The number of hydrogen-bond donors (Lipinski definition) is 1. The number of aryl methyl sites for hydroxylation is 1. The molecule has 0 aliphatic rings. The quantitative estimate of drug-likeness (QED) is 0.641. The van der Waals surface area contributed by atoms with E-state index in [4.69, 9.17) is 4.74 Å². The van der Waals surface area contributed by atoms with Crippen LogP contribution < -0.4 is 9.46 Å². The van der Waals surface area contributed by atoms with Gasteiger partial charge in [0.05, 0.1) is 0 Å². The maximum atomic E-state index is 5.90. The molecule has 1 N–H and O–H groups in total. The third kappa shape index (κ3) is 4.27. The van der Waals surface area contributed by atoms with Gasteiger partial charge in [0.15, 0.2) is 11.6 Å². The maximum Gasteiger partial charge on any atom is 0.179 e. The molecule has 0 atom stereocenters. The van der Waals surface area contributed by atoms with Crippen molar-refractivity contribution >= 4 is 17.8 Å². The van der Waals surface area contributed by atoms with E-state index in [0.717, 1.165) is 17.1 Å². The molecule has 0 fully saturated rings. The van der Waals surface area contributed by atoms with Crippen LogP contribution in [0.2, 0.25) is 0 Å². The molecular formula is C19H18N2OS. The van der Waals surface area contributed by atoms with Gasteiger partial charge in [-0.3, -0.25) is 0 Å². The molecule has 0 amide bonds. The average molecular weight is 322 g/mol. The number of aromatic nitrogens is 1. The first-order valence-electron chi connectivity index (χ1n) is 7.43. The first kappa shape index (κ1) is 15.4. The van der Waals surface area contributed by atoms with Crippen molar-refractivity contribution in [1.82, 2.24) is 4.98 Å². The average Bonchev–Trinajstić information content (AvgIpc) is 2.61. The van der Waals surface area contributed by atoms with E-state index in [2.05, 4.69) is 28.8 Å². The molecule has 0 aliphatic heterocycles. The fourth-order valence-corrected chi connectivity index (χ4v) is 2.83. The van der Waals surface area contributed by atoms with Crippen LogP contribution >= 0.6 is 11.9 Å². The highest BCUT2D eigenvalue weighted by molar-refractivity contribution is 8.00. The van der Waals surface area contributed by atoms with Gasteiger partial charge in [0.1, 0.15) is 6.61 Å². The number of pyridine rings is 1. The zero-order chi connectivity index (χ0) is 15.9. The summed E-state index contributed by atoms with van der Waals surface area (Å²) in [6.45, 7) is 2.62. The Hall–Kier alpha value is -2.46. The van der Waals surface area contributed by atoms with Crippen molar-refractivity contribution in [3.63, 3.8) is 0 Å². The van der Waals surface area contributed by atoms with E-state index in [0.29, 0.717) is 6.61 Å². The Morgan fingerprint density at radius 1 is 0.957 bits per heavy atom. The van der Waals surface area contributed by atoms with Gasteiger partial charge < -0.3 is 9.46 Å². The minimum absolute atomic E-state index is 0.524. The zero-order valence-corrected chi connectivity index (χ0v) is 13.7. The van der Waals surface area contributed by atoms with E-state index < -0.39 is 0 Å². The molecule has 2 aromatic carbocycles. The monoisotopic (exact) mass is 322 g/mol. The van der Waals surface area contributed by atoms with Crippen molar-refractivity contribution in [3.8, 4) is 5.75 Å². The Bertz CT molecular complexity index is 762. The second-order valence-corrected chi connectivity index (χ2v) is 5.94. The highest BCUT2D eigenvalue weighted by atomic mass is 32.2. The molecule has 0 saturated carbocycles. The summed E-state index contributed by atoms with van der Waals surface area (Å²) in [6.07, 6.45) is 1.76. The number of anilines is 1. The topological polar surface area (TPSA) is 34.2 Å². The van der Waals surface area contributed by atoms with Gasteiger partial charge in [-0.1, -0.05) is 48.5 Å². The Labute approximate surface area is 140 Å². The number of ether oxygens (including phenoxy) is 1. The molecule has 3 aromatic rings. The lowest BCUT2D eigenvalue weighted by molar-refractivity contribution is 0.307. The lowest BCUT2D eigenvalue weighted by atomic mass is 10.2. The van der Waals surface area contributed by atoms with Crippen molar-refractivity contribution in [1.29, 1.82) is 0 Å². The smallest absolute Gasteiger partial charge is 0.179 e. The molecule has 0 spiro atoms. The summed E-state index contributed by atoms with van der Waals surface area (Å²) >= 11 is 1.54. The summed E-state index contributed by atoms with van der Waals surface area (Å²) < 4.78 is 9.19.